The maximum absolute atomic E-state index is 2.32. The van der Waals surface area contributed by atoms with Gasteiger partial charge in [0, 0.05) is 0 Å². The third-order valence-electron chi connectivity index (χ3n) is 1.96. The van der Waals surface area contributed by atoms with Crippen molar-refractivity contribution < 1.29 is 0 Å². The van der Waals surface area contributed by atoms with Crippen LogP contribution in [0.15, 0.2) is 0 Å². The van der Waals surface area contributed by atoms with Crippen LogP contribution in [0.4, 0.5) is 0 Å². The topological polar surface area (TPSA) is 0 Å². The predicted octanol–water partition coefficient (Wildman–Crippen LogP) is 4.25. The van der Waals surface area contributed by atoms with Crippen LogP contribution in [0.5, 0.6) is 0 Å². The Balaban J connectivity index is 3.15. The molecule has 0 bridgehead atoms. The number of unbranched alkanes of at least 4 members (excludes halogenated alkanes) is 1. The van der Waals surface area contributed by atoms with Crippen molar-refractivity contribution in [3.05, 3.63) is 0 Å². The summed E-state index contributed by atoms with van der Waals surface area (Å²) in [6.07, 6.45) is 5.59. The molecule has 0 amide bonds. The van der Waals surface area contributed by atoms with Gasteiger partial charge in [0.15, 0.2) is 0 Å². The van der Waals surface area contributed by atoms with Crippen LogP contribution in [0.2, 0.25) is 0 Å². The van der Waals surface area contributed by atoms with Gasteiger partial charge in [0.1, 0.15) is 0 Å². The Morgan fingerprint density at radius 2 is 1.55 bits per heavy atom. The van der Waals surface area contributed by atoms with Gasteiger partial charge >= 0.3 is 0 Å². The van der Waals surface area contributed by atoms with Crippen molar-refractivity contribution in [2.24, 2.45) is 11.3 Å². The molecule has 0 fully saturated rings. The molecule has 0 heterocycles. The van der Waals surface area contributed by atoms with Gasteiger partial charge in [-0.15, -0.1) is 0 Å². The van der Waals surface area contributed by atoms with Crippen molar-refractivity contribution in [1.82, 2.24) is 0 Å². The summed E-state index contributed by atoms with van der Waals surface area (Å²) in [5, 5.41) is 0. The molecule has 0 heteroatoms. The molecule has 0 spiro atoms. The third kappa shape index (κ3) is 10.0. The molecular weight excluding hydrogens is 132 g/mol. The van der Waals surface area contributed by atoms with Crippen molar-refractivity contribution in [3.63, 3.8) is 0 Å². The lowest BCUT2D eigenvalue weighted by Crippen LogP contribution is -2.04. The zero-order valence-electron chi connectivity index (χ0n) is 8.91. The van der Waals surface area contributed by atoms with Gasteiger partial charge in [0.2, 0.25) is 0 Å². The summed E-state index contributed by atoms with van der Waals surface area (Å²) in [6.45, 7) is 11.6. The Bertz CT molecular complexity index is 84.7. The number of hydrogen-bond donors (Lipinski definition) is 0. The first-order valence-corrected chi connectivity index (χ1v) is 4.92. The van der Waals surface area contributed by atoms with Crippen molar-refractivity contribution in [2.45, 2.75) is 60.3 Å². The molecule has 0 aliphatic carbocycles. The molecule has 0 saturated carbocycles. The van der Waals surface area contributed by atoms with Crippen LogP contribution in [-0.2, 0) is 0 Å². The first kappa shape index (κ1) is 11.0. The average molecular weight is 156 g/mol. The lowest BCUT2D eigenvalue weighted by molar-refractivity contribution is 0.352. The summed E-state index contributed by atoms with van der Waals surface area (Å²) in [5.41, 5.74) is 0.539. The van der Waals surface area contributed by atoms with E-state index in [1.807, 2.05) is 0 Å². The van der Waals surface area contributed by atoms with Crippen molar-refractivity contribution in [2.75, 3.05) is 0 Å². The number of hydrogen-bond acceptors (Lipinski definition) is 0. The lowest BCUT2D eigenvalue weighted by atomic mass is 9.89. The molecule has 0 rings (SSSR count). The molecule has 0 N–H and O–H groups in total. The molecule has 0 aliphatic heterocycles. The van der Waals surface area contributed by atoms with Crippen LogP contribution >= 0.6 is 0 Å². The van der Waals surface area contributed by atoms with Crippen LogP contribution in [-0.4, -0.2) is 0 Å². The predicted molar refractivity (Wildman–Crippen MR) is 52.8 cm³/mol. The highest BCUT2D eigenvalue weighted by Gasteiger charge is 2.08. The van der Waals surface area contributed by atoms with Crippen LogP contribution in [0.3, 0.4) is 0 Å². The van der Waals surface area contributed by atoms with Gasteiger partial charge in [0.25, 0.3) is 0 Å². The minimum absolute atomic E-state index is 0.539. The fourth-order valence-corrected chi connectivity index (χ4v) is 1.21. The molecular formula is C11H24. The van der Waals surface area contributed by atoms with Crippen molar-refractivity contribution in [1.29, 1.82) is 0 Å². The van der Waals surface area contributed by atoms with Crippen molar-refractivity contribution in [3.8, 4) is 0 Å². The highest BCUT2D eigenvalue weighted by Crippen LogP contribution is 2.22. The van der Waals surface area contributed by atoms with Crippen LogP contribution in [0.25, 0.3) is 0 Å². The minimum Gasteiger partial charge on any atom is -0.0628 e. The van der Waals surface area contributed by atoms with E-state index in [2.05, 4.69) is 34.6 Å². The third-order valence-corrected chi connectivity index (χ3v) is 1.96. The normalized spacial score (nSPS) is 12.5. The smallest absolute Gasteiger partial charge is 0.0383 e. The standard InChI is InChI=1S/C11H24/c1-10(2)8-6-7-9-11(3,4)5/h10H,6-9H2,1-5H3. The Morgan fingerprint density at radius 3 is 1.91 bits per heavy atom. The van der Waals surface area contributed by atoms with Gasteiger partial charge in [-0.05, 0) is 17.8 Å². The molecule has 0 radical (unpaired) electrons. The van der Waals surface area contributed by atoms with E-state index in [-0.39, 0.29) is 0 Å². The van der Waals surface area contributed by atoms with Crippen LogP contribution in [0, 0.1) is 11.3 Å². The van der Waals surface area contributed by atoms with Crippen LogP contribution < -0.4 is 0 Å². The fourth-order valence-electron chi connectivity index (χ4n) is 1.21. The zero-order chi connectivity index (χ0) is 8.91. The zero-order valence-corrected chi connectivity index (χ0v) is 8.91. The Morgan fingerprint density at radius 1 is 1.00 bits per heavy atom. The largest absolute Gasteiger partial charge is 0.0628 e. The summed E-state index contributed by atoms with van der Waals surface area (Å²) in [5.74, 6) is 0.884. The van der Waals surface area contributed by atoms with E-state index in [0.717, 1.165) is 5.92 Å². The van der Waals surface area contributed by atoms with Gasteiger partial charge in [-0.3, -0.25) is 0 Å². The van der Waals surface area contributed by atoms with Gasteiger partial charge in [-0.1, -0.05) is 53.9 Å². The van der Waals surface area contributed by atoms with Gasteiger partial charge in [-0.25, -0.2) is 0 Å². The van der Waals surface area contributed by atoms with Gasteiger partial charge < -0.3 is 0 Å². The minimum atomic E-state index is 0.539. The Hall–Kier alpha value is 0. The summed E-state index contributed by atoms with van der Waals surface area (Å²) in [4.78, 5) is 0. The average Bonchev–Trinajstić information content (AvgIpc) is 1.78. The molecule has 0 aliphatic rings. The maximum Gasteiger partial charge on any atom is -0.0383 e. The molecule has 0 unspecified atom stereocenters. The van der Waals surface area contributed by atoms with E-state index in [1.54, 1.807) is 0 Å². The summed E-state index contributed by atoms with van der Waals surface area (Å²) < 4.78 is 0. The van der Waals surface area contributed by atoms with E-state index in [4.69, 9.17) is 0 Å². The molecule has 0 nitrogen and oxygen atoms in total. The van der Waals surface area contributed by atoms with Crippen molar-refractivity contribution >= 4 is 0 Å². The van der Waals surface area contributed by atoms with Gasteiger partial charge in [-0.2, -0.15) is 0 Å². The number of rotatable bonds is 4. The molecule has 68 valence electrons. The highest BCUT2D eigenvalue weighted by molar-refractivity contribution is 4.61. The highest BCUT2D eigenvalue weighted by atomic mass is 14.1. The van der Waals surface area contributed by atoms with E-state index in [0.29, 0.717) is 5.41 Å². The first-order chi connectivity index (χ1) is 4.92. The molecule has 0 aromatic heterocycles. The van der Waals surface area contributed by atoms with E-state index in [1.165, 1.54) is 25.7 Å². The lowest BCUT2D eigenvalue weighted by Gasteiger charge is -2.17. The van der Waals surface area contributed by atoms with E-state index in [9.17, 15) is 0 Å². The second-order valence-electron chi connectivity index (χ2n) is 5.20. The summed E-state index contributed by atoms with van der Waals surface area (Å²) >= 11 is 0. The maximum atomic E-state index is 2.32. The SMILES string of the molecule is CC(C)CCCCC(C)(C)C. The molecule has 0 atom stereocenters. The van der Waals surface area contributed by atoms with E-state index >= 15 is 0 Å². The van der Waals surface area contributed by atoms with Crippen LogP contribution in [0.1, 0.15) is 60.3 Å². The molecule has 11 heavy (non-hydrogen) atoms. The Labute approximate surface area is 72.4 Å². The summed E-state index contributed by atoms with van der Waals surface area (Å²) in [7, 11) is 0. The molecule has 0 aromatic rings. The second-order valence-corrected chi connectivity index (χ2v) is 5.20. The molecule has 0 aromatic carbocycles. The van der Waals surface area contributed by atoms with E-state index < -0.39 is 0 Å². The second kappa shape index (κ2) is 4.79. The van der Waals surface area contributed by atoms with Gasteiger partial charge in [0.05, 0.1) is 0 Å². The quantitative estimate of drug-likeness (QED) is 0.534. The first-order valence-electron chi connectivity index (χ1n) is 4.92. The summed E-state index contributed by atoms with van der Waals surface area (Å²) in [6, 6.07) is 0. The fraction of sp³-hybridized carbons (Fsp3) is 1.00. The Kier molecular flexibility index (Phi) is 4.79. The molecule has 0 saturated heterocycles. The monoisotopic (exact) mass is 156 g/mol.